The first-order valence-electron chi connectivity index (χ1n) is 6.88. The highest BCUT2D eigenvalue weighted by atomic mass is 16.2. The van der Waals surface area contributed by atoms with Crippen LogP contribution in [0.3, 0.4) is 0 Å². The summed E-state index contributed by atoms with van der Waals surface area (Å²) in [5.41, 5.74) is 0.714. The Balaban J connectivity index is 1.78. The van der Waals surface area contributed by atoms with Crippen molar-refractivity contribution < 1.29 is 9.59 Å². The van der Waals surface area contributed by atoms with Crippen molar-refractivity contribution in [2.75, 3.05) is 4.90 Å². The lowest BCUT2D eigenvalue weighted by atomic mass is 9.63. The highest BCUT2D eigenvalue weighted by molar-refractivity contribution is 6.22. The van der Waals surface area contributed by atoms with Gasteiger partial charge >= 0.3 is 0 Å². The lowest BCUT2D eigenvalue weighted by Gasteiger charge is -2.38. The first-order valence-corrected chi connectivity index (χ1v) is 6.88. The van der Waals surface area contributed by atoms with E-state index in [9.17, 15) is 9.59 Å². The van der Waals surface area contributed by atoms with Gasteiger partial charge in [0.1, 0.15) is 0 Å². The van der Waals surface area contributed by atoms with Crippen LogP contribution < -0.4 is 4.90 Å². The van der Waals surface area contributed by atoms with Crippen LogP contribution >= 0.6 is 0 Å². The molecule has 0 radical (unpaired) electrons. The Morgan fingerprint density at radius 1 is 0.842 bits per heavy atom. The summed E-state index contributed by atoms with van der Waals surface area (Å²) in [4.78, 5) is 26.6. The number of nitrogens with zero attached hydrogens (tertiary/aromatic N) is 1. The van der Waals surface area contributed by atoms with Crippen molar-refractivity contribution in [1.29, 1.82) is 0 Å². The Kier molecular flexibility index (Phi) is 2.19. The Labute approximate surface area is 111 Å². The maximum absolute atomic E-state index is 12.6. The van der Waals surface area contributed by atoms with Gasteiger partial charge in [-0.1, -0.05) is 30.4 Å². The highest BCUT2D eigenvalue weighted by Crippen LogP contribution is 2.50. The van der Waals surface area contributed by atoms with Crippen LogP contribution in [0.2, 0.25) is 0 Å². The van der Waals surface area contributed by atoms with Crippen molar-refractivity contribution in [3.63, 3.8) is 0 Å². The van der Waals surface area contributed by atoms with Crippen LogP contribution in [0.1, 0.15) is 12.8 Å². The highest BCUT2D eigenvalue weighted by Gasteiger charge is 2.56. The molecule has 2 bridgehead atoms. The van der Waals surface area contributed by atoms with Crippen LogP contribution in [0.15, 0.2) is 42.5 Å². The topological polar surface area (TPSA) is 37.4 Å². The second kappa shape index (κ2) is 3.80. The maximum atomic E-state index is 12.6. The van der Waals surface area contributed by atoms with Gasteiger partial charge in [-0.25, -0.2) is 0 Å². The van der Waals surface area contributed by atoms with E-state index >= 15 is 0 Å². The second-order valence-electron chi connectivity index (χ2n) is 5.69. The van der Waals surface area contributed by atoms with Gasteiger partial charge < -0.3 is 0 Å². The number of carbonyl (C=O) groups excluding carboxylic acids is 2. The van der Waals surface area contributed by atoms with E-state index in [1.807, 2.05) is 30.3 Å². The van der Waals surface area contributed by atoms with E-state index in [2.05, 4.69) is 12.2 Å². The molecular formula is C16H15NO2. The molecule has 2 fully saturated rings. The summed E-state index contributed by atoms with van der Waals surface area (Å²) in [5.74, 6) is 0.300. The van der Waals surface area contributed by atoms with Crippen LogP contribution in [0, 0.1) is 23.7 Å². The van der Waals surface area contributed by atoms with Gasteiger partial charge in [-0.15, -0.1) is 0 Å². The molecule has 96 valence electrons. The van der Waals surface area contributed by atoms with Gasteiger partial charge in [0.15, 0.2) is 0 Å². The largest absolute Gasteiger partial charge is 0.274 e. The number of amides is 2. The van der Waals surface area contributed by atoms with Crippen molar-refractivity contribution >= 4 is 17.5 Å². The molecule has 0 N–H and O–H groups in total. The molecule has 1 saturated heterocycles. The van der Waals surface area contributed by atoms with E-state index in [-0.39, 0.29) is 35.5 Å². The number of allylic oxidation sites excluding steroid dienone is 2. The van der Waals surface area contributed by atoms with Gasteiger partial charge in [-0.2, -0.15) is 0 Å². The molecule has 1 heterocycles. The first-order chi connectivity index (χ1) is 9.27. The van der Waals surface area contributed by atoms with Crippen molar-refractivity contribution in [2.45, 2.75) is 12.8 Å². The Morgan fingerprint density at radius 3 is 1.84 bits per heavy atom. The number of anilines is 1. The van der Waals surface area contributed by atoms with Gasteiger partial charge in [0.25, 0.3) is 0 Å². The molecule has 1 aromatic rings. The average molecular weight is 253 g/mol. The molecule has 3 nitrogen and oxygen atoms in total. The Hall–Kier alpha value is -1.90. The van der Waals surface area contributed by atoms with Crippen LogP contribution in [-0.4, -0.2) is 11.8 Å². The predicted molar refractivity (Wildman–Crippen MR) is 71.3 cm³/mol. The van der Waals surface area contributed by atoms with E-state index in [0.29, 0.717) is 5.69 Å². The number of rotatable bonds is 1. The molecule has 2 amide bonds. The summed E-state index contributed by atoms with van der Waals surface area (Å²) in [7, 11) is 0. The number of benzene rings is 1. The number of carbonyl (C=O) groups is 2. The maximum Gasteiger partial charge on any atom is 0.238 e. The third kappa shape index (κ3) is 1.38. The summed E-state index contributed by atoms with van der Waals surface area (Å²) < 4.78 is 0. The zero-order valence-corrected chi connectivity index (χ0v) is 10.5. The molecule has 0 unspecified atom stereocenters. The lowest BCUT2D eigenvalue weighted by molar-refractivity contribution is -0.124. The summed E-state index contributed by atoms with van der Waals surface area (Å²) in [6, 6.07) is 9.30. The fourth-order valence-electron chi connectivity index (χ4n) is 3.91. The molecule has 4 aliphatic rings. The molecule has 1 saturated carbocycles. The monoisotopic (exact) mass is 253 g/mol. The minimum atomic E-state index is -0.114. The molecule has 3 heteroatoms. The zero-order chi connectivity index (χ0) is 13.0. The van der Waals surface area contributed by atoms with Gasteiger partial charge in [0.2, 0.25) is 11.8 Å². The zero-order valence-electron chi connectivity index (χ0n) is 10.5. The SMILES string of the molecule is O=C1[C@H]2[C@H](C(=O)N1c1ccccc1)[C@H]1C=C[C@H]2CC1. The fourth-order valence-corrected chi connectivity index (χ4v) is 3.91. The molecule has 0 aromatic heterocycles. The quantitative estimate of drug-likeness (QED) is 0.569. The molecule has 0 spiro atoms. The smallest absolute Gasteiger partial charge is 0.238 e. The fraction of sp³-hybridized carbons (Fsp3) is 0.375. The molecule has 4 atom stereocenters. The van der Waals surface area contributed by atoms with E-state index < -0.39 is 0 Å². The van der Waals surface area contributed by atoms with E-state index in [0.717, 1.165) is 12.8 Å². The minimum absolute atomic E-state index is 0.000231. The molecular weight excluding hydrogens is 238 g/mol. The molecule has 19 heavy (non-hydrogen) atoms. The summed E-state index contributed by atoms with van der Waals surface area (Å²) in [5, 5.41) is 0. The number of hydrogen-bond acceptors (Lipinski definition) is 2. The van der Waals surface area contributed by atoms with E-state index in [1.165, 1.54) is 4.90 Å². The first kappa shape index (κ1) is 11.0. The van der Waals surface area contributed by atoms with Crippen molar-refractivity contribution in [3.05, 3.63) is 42.5 Å². The van der Waals surface area contributed by atoms with Gasteiger partial charge in [0, 0.05) is 0 Å². The summed E-state index contributed by atoms with van der Waals surface area (Å²) in [6.07, 6.45) is 6.39. The second-order valence-corrected chi connectivity index (χ2v) is 5.69. The van der Waals surface area contributed by atoms with Crippen LogP contribution in [0.4, 0.5) is 5.69 Å². The van der Waals surface area contributed by atoms with Gasteiger partial charge in [0.05, 0.1) is 17.5 Å². The van der Waals surface area contributed by atoms with Gasteiger partial charge in [-0.05, 0) is 36.8 Å². The minimum Gasteiger partial charge on any atom is -0.274 e. The number of hydrogen-bond donors (Lipinski definition) is 0. The summed E-state index contributed by atoms with van der Waals surface area (Å²) in [6.45, 7) is 0. The predicted octanol–water partition coefficient (Wildman–Crippen LogP) is 2.39. The van der Waals surface area contributed by atoms with Crippen LogP contribution in [0.5, 0.6) is 0 Å². The third-order valence-corrected chi connectivity index (χ3v) is 4.77. The van der Waals surface area contributed by atoms with Crippen LogP contribution in [-0.2, 0) is 9.59 Å². The standard InChI is InChI=1S/C16H15NO2/c18-15-13-10-6-7-11(9-8-10)14(13)16(19)17(15)12-4-2-1-3-5-12/h1-7,10-11,13-14H,8-9H2/t10-,11-,13+,14+/m0/s1. The van der Waals surface area contributed by atoms with Crippen molar-refractivity contribution in [1.82, 2.24) is 0 Å². The molecule has 1 aliphatic heterocycles. The Morgan fingerprint density at radius 2 is 1.37 bits per heavy atom. The van der Waals surface area contributed by atoms with E-state index in [1.54, 1.807) is 0 Å². The van der Waals surface area contributed by atoms with Crippen molar-refractivity contribution in [2.24, 2.45) is 23.7 Å². The number of para-hydroxylation sites is 1. The molecule has 3 aliphatic carbocycles. The number of fused-ring (bicyclic) bond motifs is 1. The van der Waals surface area contributed by atoms with Gasteiger partial charge in [-0.3, -0.25) is 14.5 Å². The third-order valence-electron chi connectivity index (χ3n) is 4.77. The van der Waals surface area contributed by atoms with Crippen LogP contribution in [0.25, 0.3) is 0 Å². The van der Waals surface area contributed by atoms with Crippen molar-refractivity contribution in [3.8, 4) is 0 Å². The average Bonchev–Trinajstić information content (AvgIpc) is 2.75. The normalized spacial score (nSPS) is 35.9. The summed E-state index contributed by atoms with van der Waals surface area (Å²) >= 11 is 0. The lowest BCUT2D eigenvalue weighted by Crippen LogP contribution is -2.38. The Bertz CT molecular complexity index is 546. The molecule has 5 rings (SSSR count). The van der Waals surface area contributed by atoms with E-state index in [4.69, 9.17) is 0 Å². The number of imide groups is 1. The molecule has 1 aromatic carbocycles.